The van der Waals surface area contributed by atoms with E-state index in [1.165, 1.54) is 0 Å². The Balaban J connectivity index is 1.43. The Morgan fingerprint density at radius 2 is 1.79 bits per heavy atom. The summed E-state index contributed by atoms with van der Waals surface area (Å²) in [6.45, 7) is 2.87. The van der Waals surface area contributed by atoms with Crippen LogP contribution < -0.4 is 5.73 Å². The highest BCUT2D eigenvalue weighted by Crippen LogP contribution is 2.34. The van der Waals surface area contributed by atoms with Gasteiger partial charge in [0.15, 0.2) is 5.65 Å². The lowest BCUT2D eigenvalue weighted by atomic mass is 10.0. The lowest BCUT2D eigenvalue weighted by Crippen LogP contribution is -2.40. The van der Waals surface area contributed by atoms with Crippen molar-refractivity contribution >= 4 is 23.2 Å². The summed E-state index contributed by atoms with van der Waals surface area (Å²) < 4.78 is 12.8. The first-order chi connectivity index (χ1) is 19.0. The topological polar surface area (TPSA) is 113 Å². The van der Waals surface area contributed by atoms with Crippen molar-refractivity contribution in [2.45, 2.75) is 51.3 Å². The van der Waals surface area contributed by atoms with Crippen LogP contribution in [0.2, 0.25) is 0 Å². The van der Waals surface area contributed by atoms with E-state index in [1.807, 2.05) is 71.3 Å². The molecule has 0 spiro atoms. The number of hydrogen-bond donors (Lipinski definition) is 1. The normalized spacial score (nSPS) is 16.2. The minimum absolute atomic E-state index is 0.219. The Kier molecular flexibility index (Phi) is 8.17. The maximum atomic E-state index is 13.3. The number of benzene rings is 2. The number of aromatic nitrogens is 3. The molecule has 1 aliphatic heterocycles. The van der Waals surface area contributed by atoms with E-state index in [2.05, 4.69) is 4.98 Å². The quantitative estimate of drug-likeness (QED) is 0.330. The van der Waals surface area contributed by atoms with Crippen LogP contribution in [-0.2, 0) is 27.3 Å². The molecule has 0 unspecified atom stereocenters. The number of ether oxygens (including phenoxy) is 2. The van der Waals surface area contributed by atoms with Gasteiger partial charge in [-0.3, -0.25) is 14.3 Å². The highest BCUT2D eigenvalue weighted by atomic mass is 16.6. The third-order valence-electron chi connectivity index (χ3n) is 6.92. The van der Waals surface area contributed by atoms with Crippen LogP contribution in [0.1, 0.15) is 49.2 Å². The zero-order valence-corrected chi connectivity index (χ0v) is 22.0. The fourth-order valence-electron chi connectivity index (χ4n) is 5.00. The Hall–Kier alpha value is -4.24. The number of carbonyl (C=O) groups is 2. The maximum absolute atomic E-state index is 13.3. The van der Waals surface area contributed by atoms with Crippen molar-refractivity contribution in [1.29, 1.82) is 0 Å². The number of likely N-dealkylation sites (tertiary alicyclic amines) is 1. The number of imidazole rings is 1. The number of pyridine rings is 1. The van der Waals surface area contributed by atoms with Gasteiger partial charge in [0.25, 0.3) is 0 Å². The third kappa shape index (κ3) is 5.93. The Labute approximate surface area is 227 Å². The molecule has 0 bridgehead atoms. The van der Waals surface area contributed by atoms with Gasteiger partial charge in [-0.1, -0.05) is 42.5 Å². The SMILES string of the molecule is CCOC(=O)[C@@H](N)Cc1ccc(-n2c([C@H]3CCCCN3C(=O)OCc3ccccc3)nc3cccnc32)cc1. The van der Waals surface area contributed by atoms with Crippen LogP contribution in [0.4, 0.5) is 4.79 Å². The molecule has 2 atom stereocenters. The van der Waals surface area contributed by atoms with Crippen molar-refractivity contribution in [2.24, 2.45) is 5.73 Å². The molecular weight excluding hydrogens is 494 g/mol. The summed E-state index contributed by atoms with van der Waals surface area (Å²) in [6, 6.07) is 20.3. The molecule has 9 nitrogen and oxygen atoms in total. The first-order valence-corrected chi connectivity index (χ1v) is 13.4. The molecule has 39 heavy (non-hydrogen) atoms. The number of nitrogens with zero attached hydrogens (tertiary/aromatic N) is 4. The van der Waals surface area contributed by atoms with E-state index < -0.39 is 12.0 Å². The van der Waals surface area contributed by atoms with Crippen LogP contribution in [0.5, 0.6) is 0 Å². The number of nitrogens with two attached hydrogens (primary N) is 1. The second-order valence-electron chi connectivity index (χ2n) is 9.63. The minimum atomic E-state index is -0.722. The van der Waals surface area contributed by atoms with E-state index in [-0.39, 0.29) is 18.7 Å². The summed E-state index contributed by atoms with van der Waals surface area (Å²) in [4.78, 5) is 36.6. The molecular formula is C30H33N5O4. The van der Waals surface area contributed by atoms with Crippen LogP contribution in [0.3, 0.4) is 0 Å². The minimum Gasteiger partial charge on any atom is -0.465 e. The predicted molar refractivity (Wildman–Crippen MR) is 147 cm³/mol. The van der Waals surface area contributed by atoms with E-state index in [9.17, 15) is 9.59 Å². The fourth-order valence-corrected chi connectivity index (χ4v) is 5.00. The highest BCUT2D eigenvalue weighted by Gasteiger charge is 2.33. The zero-order chi connectivity index (χ0) is 27.2. The standard InChI is InChI=1S/C30H33N5O4/c1-2-38-29(36)24(31)19-21-13-15-23(16-14-21)35-27-25(11-8-17-32-27)33-28(35)26-12-6-7-18-34(26)30(37)39-20-22-9-4-3-5-10-22/h3-5,8-11,13-17,24,26H,2,6-7,12,18-20,31H2,1H3/t24-,26+/m0/s1. The van der Waals surface area contributed by atoms with Crippen molar-refractivity contribution in [3.05, 3.63) is 89.9 Å². The molecule has 0 radical (unpaired) electrons. The van der Waals surface area contributed by atoms with Gasteiger partial charge in [-0.15, -0.1) is 0 Å². The van der Waals surface area contributed by atoms with E-state index >= 15 is 0 Å². The molecule has 1 aliphatic rings. The Bertz CT molecular complexity index is 1420. The molecule has 202 valence electrons. The molecule has 1 saturated heterocycles. The molecule has 5 rings (SSSR count). The average Bonchev–Trinajstić information content (AvgIpc) is 3.36. The van der Waals surface area contributed by atoms with E-state index in [1.54, 1.807) is 18.0 Å². The number of piperidine rings is 1. The summed E-state index contributed by atoms with van der Waals surface area (Å²) in [5.41, 5.74) is 10.2. The van der Waals surface area contributed by atoms with Gasteiger partial charge in [0.1, 0.15) is 24.0 Å². The Morgan fingerprint density at radius 1 is 1.00 bits per heavy atom. The van der Waals surface area contributed by atoms with Crippen LogP contribution >= 0.6 is 0 Å². The molecule has 9 heteroatoms. The van der Waals surface area contributed by atoms with Gasteiger partial charge in [-0.05, 0) is 68.0 Å². The van der Waals surface area contributed by atoms with Crippen molar-refractivity contribution in [3.63, 3.8) is 0 Å². The van der Waals surface area contributed by atoms with Gasteiger partial charge >= 0.3 is 12.1 Å². The third-order valence-corrected chi connectivity index (χ3v) is 6.92. The second-order valence-corrected chi connectivity index (χ2v) is 9.63. The van der Waals surface area contributed by atoms with E-state index in [4.69, 9.17) is 20.2 Å². The lowest BCUT2D eigenvalue weighted by Gasteiger charge is -2.34. The number of esters is 1. The average molecular weight is 528 g/mol. The van der Waals surface area contributed by atoms with Crippen LogP contribution in [0.25, 0.3) is 16.9 Å². The molecule has 1 amide bonds. The second kappa shape index (κ2) is 12.1. The van der Waals surface area contributed by atoms with Gasteiger partial charge in [-0.2, -0.15) is 0 Å². The number of fused-ring (bicyclic) bond motifs is 1. The number of rotatable bonds is 8. The van der Waals surface area contributed by atoms with Crippen molar-refractivity contribution in [2.75, 3.05) is 13.2 Å². The first-order valence-electron chi connectivity index (χ1n) is 13.4. The molecule has 0 aliphatic carbocycles. The van der Waals surface area contributed by atoms with Gasteiger partial charge in [0.05, 0.1) is 12.6 Å². The summed E-state index contributed by atoms with van der Waals surface area (Å²) in [5, 5.41) is 0. The van der Waals surface area contributed by atoms with Crippen LogP contribution in [0.15, 0.2) is 72.9 Å². The molecule has 2 aromatic heterocycles. The first kappa shape index (κ1) is 26.4. The number of carbonyl (C=O) groups excluding carboxylic acids is 2. The Morgan fingerprint density at radius 3 is 2.56 bits per heavy atom. The molecule has 0 saturated carbocycles. The van der Waals surface area contributed by atoms with E-state index in [0.29, 0.717) is 25.2 Å². The van der Waals surface area contributed by atoms with Gasteiger partial charge in [-0.25, -0.2) is 14.8 Å². The summed E-state index contributed by atoms with van der Waals surface area (Å²) >= 11 is 0. The number of hydrogen-bond acceptors (Lipinski definition) is 7. The summed E-state index contributed by atoms with van der Waals surface area (Å²) in [7, 11) is 0. The predicted octanol–water partition coefficient (Wildman–Crippen LogP) is 4.72. The van der Waals surface area contributed by atoms with Crippen LogP contribution in [0, 0.1) is 0 Å². The van der Waals surface area contributed by atoms with Crippen molar-refractivity contribution < 1.29 is 19.1 Å². The maximum Gasteiger partial charge on any atom is 0.410 e. The molecule has 2 aromatic carbocycles. The fraction of sp³-hybridized carbons (Fsp3) is 0.333. The molecule has 1 fully saturated rings. The van der Waals surface area contributed by atoms with Gasteiger partial charge < -0.3 is 15.2 Å². The van der Waals surface area contributed by atoms with Crippen molar-refractivity contribution in [1.82, 2.24) is 19.4 Å². The highest BCUT2D eigenvalue weighted by molar-refractivity contribution is 5.76. The van der Waals surface area contributed by atoms with Crippen molar-refractivity contribution in [3.8, 4) is 5.69 Å². The monoisotopic (exact) mass is 527 g/mol. The molecule has 2 N–H and O–H groups in total. The van der Waals surface area contributed by atoms with E-state index in [0.717, 1.165) is 47.4 Å². The summed E-state index contributed by atoms with van der Waals surface area (Å²) in [6.07, 6.45) is 4.43. The summed E-state index contributed by atoms with van der Waals surface area (Å²) in [5.74, 6) is 0.334. The molecule has 4 aromatic rings. The smallest absolute Gasteiger partial charge is 0.410 e. The molecule has 3 heterocycles. The van der Waals surface area contributed by atoms with Gasteiger partial charge in [0, 0.05) is 18.4 Å². The van der Waals surface area contributed by atoms with Crippen LogP contribution in [-0.4, -0.2) is 50.7 Å². The van der Waals surface area contributed by atoms with Gasteiger partial charge in [0.2, 0.25) is 0 Å². The zero-order valence-electron chi connectivity index (χ0n) is 22.0. The largest absolute Gasteiger partial charge is 0.465 e. The number of amides is 1. The lowest BCUT2D eigenvalue weighted by molar-refractivity contribution is -0.144.